The fourth-order valence-electron chi connectivity index (χ4n) is 3.29. The van der Waals surface area contributed by atoms with E-state index in [0.717, 1.165) is 5.56 Å². The molecule has 0 aliphatic rings. The molecule has 0 atom stereocenters. The van der Waals surface area contributed by atoms with Gasteiger partial charge in [0.25, 0.3) is 5.69 Å². The minimum atomic E-state index is -0.506. The lowest BCUT2D eigenvalue weighted by Gasteiger charge is -2.19. The number of hydrogen-bond donors (Lipinski definition) is 1. The summed E-state index contributed by atoms with van der Waals surface area (Å²) in [5, 5.41) is 23.1. The zero-order valence-electron chi connectivity index (χ0n) is 19.2. The van der Waals surface area contributed by atoms with E-state index in [1.807, 2.05) is 16.7 Å². The number of nitrogens with zero attached hydrogens (tertiary/aromatic N) is 4. The molecule has 1 heterocycles. The molecule has 8 nitrogen and oxygen atoms in total. The minimum Gasteiger partial charge on any atom is -0.319 e. The van der Waals surface area contributed by atoms with Crippen LogP contribution >= 0.6 is 11.8 Å². The first-order valence-corrected chi connectivity index (χ1v) is 11.4. The van der Waals surface area contributed by atoms with Crippen molar-refractivity contribution in [3.63, 3.8) is 0 Å². The quantitative estimate of drug-likeness (QED) is 0.207. The molecule has 0 radical (unpaired) electrons. The first kappa shape index (κ1) is 24.2. The van der Waals surface area contributed by atoms with E-state index in [9.17, 15) is 14.9 Å². The monoisotopic (exact) mass is 465 g/mol. The second kappa shape index (κ2) is 9.99. The van der Waals surface area contributed by atoms with Crippen molar-refractivity contribution in [1.82, 2.24) is 14.8 Å². The van der Waals surface area contributed by atoms with Gasteiger partial charge < -0.3 is 5.32 Å². The maximum absolute atomic E-state index is 12.6. The number of carbonyl (C=O) groups excluding carboxylic acids is 1. The van der Waals surface area contributed by atoms with Gasteiger partial charge in [0.15, 0.2) is 11.0 Å². The van der Waals surface area contributed by atoms with Gasteiger partial charge in [0.1, 0.15) is 5.69 Å². The van der Waals surface area contributed by atoms with Gasteiger partial charge in [0, 0.05) is 18.2 Å². The van der Waals surface area contributed by atoms with Crippen LogP contribution in [0.2, 0.25) is 0 Å². The van der Waals surface area contributed by atoms with Crippen molar-refractivity contribution in [2.24, 2.45) is 0 Å². The highest BCUT2D eigenvalue weighted by atomic mass is 32.2. The number of thioether (sulfide) groups is 1. The first-order valence-electron chi connectivity index (χ1n) is 10.4. The van der Waals surface area contributed by atoms with Crippen LogP contribution in [0.5, 0.6) is 0 Å². The van der Waals surface area contributed by atoms with Crippen LogP contribution in [0.25, 0.3) is 11.4 Å². The third kappa shape index (κ3) is 5.67. The fraction of sp³-hybridized carbons (Fsp3) is 0.292. The van der Waals surface area contributed by atoms with E-state index in [1.165, 1.54) is 23.4 Å². The van der Waals surface area contributed by atoms with Gasteiger partial charge in [0.2, 0.25) is 5.91 Å². The van der Waals surface area contributed by atoms with Gasteiger partial charge in [0.05, 0.1) is 10.7 Å². The summed E-state index contributed by atoms with van der Waals surface area (Å²) in [6.45, 7) is 12.5. The molecule has 33 heavy (non-hydrogen) atoms. The Labute approximate surface area is 197 Å². The van der Waals surface area contributed by atoms with Gasteiger partial charge >= 0.3 is 0 Å². The number of rotatable bonds is 8. The molecule has 0 fully saturated rings. The number of para-hydroxylation sites is 1. The normalized spacial score (nSPS) is 11.3. The average molecular weight is 466 g/mol. The van der Waals surface area contributed by atoms with Crippen molar-refractivity contribution >= 4 is 29.0 Å². The summed E-state index contributed by atoms with van der Waals surface area (Å²) >= 11 is 1.22. The molecule has 0 saturated carbocycles. The summed E-state index contributed by atoms with van der Waals surface area (Å²) in [6.07, 6.45) is 1.75. The number of nitrogens with one attached hydrogen (secondary N) is 1. The third-order valence-corrected chi connectivity index (χ3v) is 6.05. The standard InChI is InChI=1S/C24H27N5O3S/c1-6-14-28-22(17-10-12-18(13-11-17)24(3,4)5)26-27-23(28)33-15-20(30)25-21-16(2)8-7-9-19(21)29(31)32/h6-13H,1,14-15H2,2-5H3,(H,25,30). The van der Waals surface area contributed by atoms with Crippen LogP contribution in [0.1, 0.15) is 31.9 Å². The van der Waals surface area contributed by atoms with Crippen molar-refractivity contribution in [2.45, 2.75) is 44.8 Å². The molecule has 0 aliphatic heterocycles. The topological polar surface area (TPSA) is 103 Å². The summed E-state index contributed by atoms with van der Waals surface area (Å²) in [5.74, 6) is 0.360. The number of allylic oxidation sites excluding steroid dienone is 1. The van der Waals surface area contributed by atoms with Gasteiger partial charge in [-0.1, -0.05) is 75.0 Å². The number of nitro benzene ring substituents is 1. The highest BCUT2D eigenvalue weighted by Crippen LogP contribution is 2.30. The van der Waals surface area contributed by atoms with Crippen molar-refractivity contribution < 1.29 is 9.72 Å². The Hall–Kier alpha value is -3.46. The highest BCUT2D eigenvalue weighted by Gasteiger charge is 2.20. The van der Waals surface area contributed by atoms with Crippen molar-refractivity contribution in [2.75, 3.05) is 11.1 Å². The van der Waals surface area contributed by atoms with E-state index >= 15 is 0 Å². The number of aromatic nitrogens is 3. The maximum atomic E-state index is 12.6. The molecule has 0 unspecified atom stereocenters. The molecular weight excluding hydrogens is 438 g/mol. The molecular formula is C24H27N5O3S. The zero-order valence-corrected chi connectivity index (χ0v) is 20.0. The predicted octanol–water partition coefficient (Wildman–Crippen LogP) is 5.38. The van der Waals surface area contributed by atoms with Crippen LogP contribution in [0.4, 0.5) is 11.4 Å². The molecule has 1 aromatic heterocycles. The van der Waals surface area contributed by atoms with Crippen molar-refractivity contribution in [1.29, 1.82) is 0 Å². The minimum absolute atomic E-state index is 0.0315. The number of anilines is 1. The van der Waals surface area contributed by atoms with Gasteiger partial charge in [-0.2, -0.15) is 0 Å². The Kier molecular flexibility index (Phi) is 7.33. The van der Waals surface area contributed by atoms with Crippen molar-refractivity contribution in [3.05, 3.63) is 76.4 Å². The summed E-state index contributed by atoms with van der Waals surface area (Å²) in [5.41, 5.74) is 2.89. The molecule has 3 aromatic rings. The Morgan fingerprint density at radius 2 is 1.91 bits per heavy atom. The fourth-order valence-corrected chi connectivity index (χ4v) is 4.04. The van der Waals surface area contributed by atoms with E-state index in [2.05, 4.69) is 55.0 Å². The lowest BCUT2D eigenvalue weighted by Crippen LogP contribution is -2.16. The third-order valence-electron chi connectivity index (χ3n) is 5.08. The predicted molar refractivity (Wildman–Crippen MR) is 132 cm³/mol. The maximum Gasteiger partial charge on any atom is 0.293 e. The Balaban J connectivity index is 1.77. The van der Waals surface area contributed by atoms with Gasteiger partial charge in [-0.25, -0.2) is 0 Å². The van der Waals surface area contributed by atoms with Crippen LogP contribution in [-0.4, -0.2) is 31.3 Å². The number of aryl methyl sites for hydroxylation is 1. The summed E-state index contributed by atoms with van der Waals surface area (Å²) in [6, 6.07) is 12.9. The highest BCUT2D eigenvalue weighted by molar-refractivity contribution is 7.99. The van der Waals surface area contributed by atoms with E-state index in [4.69, 9.17) is 0 Å². The molecule has 1 amide bonds. The van der Waals surface area contributed by atoms with Crippen LogP contribution in [-0.2, 0) is 16.8 Å². The number of hydrogen-bond acceptors (Lipinski definition) is 6. The Bertz CT molecular complexity index is 1180. The molecule has 9 heteroatoms. The lowest BCUT2D eigenvalue weighted by molar-refractivity contribution is -0.384. The number of amides is 1. The van der Waals surface area contributed by atoms with Gasteiger partial charge in [-0.15, -0.1) is 16.8 Å². The molecule has 0 saturated heterocycles. The first-order chi connectivity index (χ1) is 15.6. The number of carbonyl (C=O) groups is 1. The summed E-state index contributed by atoms with van der Waals surface area (Å²) in [4.78, 5) is 23.3. The van der Waals surface area contributed by atoms with Crippen LogP contribution in [0, 0.1) is 17.0 Å². The summed E-state index contributed by atoms with van der Waals surface area (Å²) < 4.78 is 1.90. The molecule has 172 valence electrons. The van der Waals surface area contributed by atoms with Crippen LogP contribution in [0.3, 0.4) is 0 Å². The summed E-state index contributed by atoms with van der Waals surface area (Å²) in [7, 11) is 0. The second-order valence-electron chi connectivity index (χ2n) is 8.60. The lowest BCUT2D eigenvalue weighted by atomic mass is 9.87. The molecule has 2 aromatic carbocycles. The van der Waals surface area contributed by atoms with E-state index in [-0.39, 0.29) is 28.4 Å². The largest absolute Gasteiger partial charge is 0.319 e. The molecule has 0 bridgehead atoms. The number of nitro groups is 1. The van der Waals surface area contributed by atoms with Crippen molar-refractivity contribution in [3.8, 4) is 11.4 Å². The van der Waals surface area contributed by atoms with E-state index in [0.29, 0.717) is 23.1 Å². The van der Waals surface area contributed by atoms with Crippen LogP contribution in [0.15, 0.2) is 60.3 Å². The Morgan fingerprint density at radius 3 is 2.52 bits per heavy atom. The van der Waals surface area contributed by atoms with Gasteiger partial charge in [-0.05, 0) is 23.5 Å². The molecule has 0 spiro atoms. The van der Waals surface area contributed by atoms with Gasteiger partial charge in [-0.3, -0.25) is 19.5 Å². The molecule has 3 rings (SSSR count). The number of benzene rings is 2. The smallest absolute Gasteiger partial charge is 0.293 e. The van der Waals surface area contributed by atoms with E-state index < -0.39 is 4.92 Å². The second-order valence-corrected chi connectivity index (χ2v) is 9.54. The zero-order chi connectivity index (χ0) is 24.2. The SMILES string of the molecule is C=CCn1c(SCC(=O)Nc2c(C)cccc2[N+](=O)[O-])nnc1-c1ccc(C(C)(C)C)cc1. The molecule has 1 N–H and O–H groups in total. The Morgan fingerprint density at radius 1 is 1.21 bits per heavy atom. The van der Waals surface area contributed by atoms with Crippen LogP contribution < -0.4 is 5.32 Å². The van der Waals surface area contributed by atoms with E-state index in [1.54, 1.807) is 25.1 Å². The average Bonchev–Trinajstić information content (AvgIpc) is 3.16. The molecule has 0 aliphatic carbocycles.